The summed E-state index contributed by atoms with van der Waals surface area (Å²) < 4.78 is 4.19. The number of benzene rings is 1. The summed E-state index contributed by atoms with van der Waals surface area (Å²) in [6.07, 6.45) is 9.93. The van der Waals surface area contributed by atoms with Gasteiger partial charge in [-0.3, -0.25) is 4.90 Å². The van der Waals surface area contributed by atoms with Crippen LogP contribution in [0.5, 0.6) is 0 Å². The lowest BCUT2D eigenvalue weighted by Crippen LogP contribution is -2.34. The Labute approximate surface area is 164 Å². The molecule has 0 aliphatic carbocycles. The third-order valence-electron chi connectivity index (χ3n) is 5.78. The molecule has 1 fully saturated rings. The van der Waals surface area contributed by atoms with E-state index in [4.69, 9.17) is 0 Å². The lowest BCUT2D eigenvalue weighted by atomic mass is 9.96. The number of nitrogens with one attached hydrogen (secondary N) is 1. The average molecular weight is 375 g/mol. The monoisotopic (exact) mass is 375 g/mol. The van der Waals surface area contributed by atoms with E-state index in [1.54, 1.807) is 6.20 Å². The molecule has 0 spiro atoms. The van der Waals surface area contributed by atoms with Crippen LogP contribution in [0.25, 0.3) is 10.9 Å². The Morgan fingerprint density at radius 2 is 2.14 bits per heavy atom. The van der Waals surface area contributed by atoms with Crippen LogP contribution < -0.4 is 0 Å². The molecule has 0 amide bonds. The Morgan fingerprint density at radius 1 is 1.18 bits per heavy atom. The zero-order valence-electron chi connectivity index (χ0n) is 16.1. The molecule has 5 rings (SSSR count). The Balaban J connectivity index is 1.29. The fraction of sp³-hybridized carbons (Fsp3) is 0.381. The second-order valence-electron chi connectivity index (χ2n) is 7.74. The molecule has 4 heterocycles. The molecule has 1 N–H and O–H groups in total. The maximum absolute atomic E-state index is 4.54. The average Bonchev–Trinajstić information content (AvgIpc) is 3.45. The lowest BCUT2D eigenvalue weighted by Gasteiger charge is -2.32. The number of aromatic nitrogens is 6. The van der Waals surface area contributed by atoms with Gasteiger partial charge >= 0.3 is 0 Å². The van der Waals surface area contributed by atoms with E-state index in [2.05, 4.69) is 60.9 Å². The normalized spacial score (nSPS) is 18.1. The van der Waals surface area contributed by atoms with Gasteiger partial charge in [0, 0.05) is 50.2 Å². The van der Waals surface area contributed by atoms with Crippen molar-refractivity contribution in [2.75, 3.05) is 13.1 Å². The van der Waals surface area contributed by atoms with Gasteiger partial charge in [0.2, 0.25) is 0 Å². The minimum absolute atomic E-state index is 0.429. The van der Waals surface area contributed by atoms with Crippen LogP contribution in [0.2, 0.25) is 0 Å². The van der Waals surface area contributed by atoms with Crippen LogP contribution in [-0.4, -0.2) is 47.3 Å². The highest BCUT2D eigenvalue weighted by atomic mass is 15.3. The van der Waals surface area contributed by atoms with Crippen LogP contribution in [0.15, 0.2) is 49.2 Å². The minimum atomic E-state index is 0.429. The molecule has 1 unspecified atom stereocenters. The number of hydrogen-bond donors (Lipinski definition) is 1. The summed E-state index contributed by atoms with van der Waals surface area (Å²) in [6, 6.07) is 8.84. The van der Waals surface area contributed by atoms with Crippen molar-refractivity contribution in [1.82, 2.24) is 34.2 Å². The van der Waals surface area contributed by atoms with Crippen molar-refractivity contribution < 1.29 is 0 Å². The number of H-pyrrole nitrogens is 1. The van der Waals surface area contributed by atoms with E-state index in [1.165, 1.54) is 29.3 Å². The molecular weight excluding hydrogens is 350 g/mol. The van der Waals surface area contributed by atoms with Gasteiger partial charge < -0.3 is 14.1 Å². The van der Waals surface area contributed by atoms with Crippen molar-refractivity contribution in [3.05, 3.63) is 66.4 Å². The first kappa shape index (κ1) is 17.2. The molecule has 7 nitrogen and oxygen atoms in total. The second-order valence-corrected chi connectivity index (χ2v) is 7.74. The fourth-order valence-corrected chi connectivity index (χ4v) is 4.28. The van der Waals surface area contributed by atoms with E-state index in [0.29, 0.717) is 12.5 Å². The molecule has 1 aromatic carbocycles. The topological polar surface area (TPSA) is 67.6 Å². The third kappa shape index (κ3) is 3.33. The maximum Gasteiger partial charge on any atom is 0.152 e. The van der Waals surface area contributed by atoms with Crippen LogP contribution in [0.1, 0.15) is 36.0 Å². The van der Waals surface area contributed by atoms with E-state index < -0.39 is 0 Å². The van der Waals surface area contributed by atoms with E-state index in [-0.39, 0.29) is 0 Å². The molecule has 0 radical (unpaired) electrons. The van der Waals surface area contributed by atoms with Crippen LogP contribution >= 0.6 is 0 Å². The second kappa shape index (κ2) is 7.24. The predicted octanol–water partition coefficient (Wildman–Crippen LogP) is 2.92. The highest BCUT2D eigenvalue weighted by Crippen LogP contribution is 2.27. The number of nitrogens with zero attached hydrogens (tertiary/aromatic N) is 6. The van der Waals surface area contributed by atoms with Crippen molar-refractivity contribution in [2.24, 2.45) is 7.05 Å². The Kier molecular flexibility index (Phi) is 4.44. The van der Waals surface area contributed by atoms with Gasteiger partial charge in [0.1, 0.15) is 5.82 Å². The Hall–Kier alpha value is -2.93. The smallest absolute Gasteiger partial charge is 0.152 e. The number of piperidine rings is 1. The summed E-state index contributed by atoms with van der Waals surface area (Å²) in [5, 5.41) is 10.3. The van der Waals surface area contributed by atoms with Gasteiger partial charge in [-0.05, 0) is 48.5 Å². The molecule has 1 atom stereocenters. The molecule has 1 aliphatic rings. The quantitative estimate of drug-likeness (QED) is 0.582. The standard InChI is InChI=1S/C21H25N7/c1-26-20(14-28-10-8-22-15-28)24-25-21(26)18-3-2-9-27(13-18)12-16-4-5-19-17(11-16)6-7-23-19/h4-8,10-11,15,18,23H,2-3,9,12-14H2,1H3. The summed E-state index contributed by atoms with van der Waals surface area (Å²) in [7, 11) is 2.08. The van der Waals surface area contributed by atoms with Gasteiger partial charge in [-0.15, -0.1) is 10.2 Å². The number of likely N-dealkylation sites (tertiary alicyclic amines) is 1. The Bertz CT molecular complexity index is 1060. The van der Waals surface area contributed by atoms with E-state index in [0.717, 1.165) is 31.3 Å². The SMILES string of the molecule is Cn1c(Cn2ccnc2)nnc1C1CCCN(Cc2ccc3[nH]ccc3c2)C1. The molecule has 0 saturated carbocycles. The van der Waals surface area contributed by atoms with Gasteiger partial charge in [-0.1, -0.05) is 6.07 Å². The molecule has 3 aromatic heterocycles. The molecule has 1 saturated heterocycles. The van der Waals surface area contributed by atoms with Crippen molar-refractivity contribution in [2.45, 2.75) is 31.8 Å². The van der Waals surface area contributed by atoms with Crippen LogP contribution in [0.4, 0.5) is 0 Å². The van der Waals surface area contributed by atoms with Crippen LogP contribution in [0, 0.1) is 0 Å². The molecule has 0 bridgehead atoms. The van der Waals surface area contributed by atoms with Crippen molar-refractivity contribution >= 4 is 10.9 Å². The first-order valence-corrected chi connectivity index (χ1v) is 9.88. The summed E-state index contributed by atoms with van der Waals surface area (Å²) in [6.45, 7) is 3.86. The number of fused-ring (bicyclic) bond motifs is 1. The fourth-order valence-electron chi connectivity index (χ4n) is 4.28. The van der Waals surface area contributed by atoms with Gasteiger partial charge in [0.25, 0.3) is 0 Å². The minimum Gasteiger partial charge on any atom is -0.361 e. The zero-order valence-corrected chi connectivity index (χ0v) is 16.1. The molecular formula is C21H25N7. The number of hydrogen-bond acceptors (Lipinski definition) is 4. The summed E-state index contributed by atoms with van der Waals surface area (Å²) in [5.41, 5.74) is 2.57. The van der Waals surface area contributed by atoms with Gasteiger partial charge in [-0.2, -0.15) is 0 Å². The van der Waals surface area contributed by atoms with Gasteiger partial charge in [0.05, 0.1) is 12.9 Å². The highest BCUT2D eigenvalue weighted by molar-refractivity contribution is 5.79. The molecule has 1 aliphatic heterocycles. The highest BCUT2D eigenvalue weighted by Gasteiger charge is 2.26. The summed E-state index contributed by atoms with van der Waals surface area (Å²) in [4.78, 5) is 9.92. The first-order valence-electron chi connectivity index (χ1n) is 9.88. The van der Waals surface area contributed by atoms with Gasteiger partial charge in [0.15, 0.2) is 5.82 Å². The third-order valence-corrected chi connectivity index (χ3v) is 5.78. The number of rotatable bonds is 5. The van der Waals surface area contributed by atoms with E-state index in [9.17, 15) is 0 Å². The largest absolute Gasteiger partial charge is 0.361 e. The molecule has 4 aromatic rings. The molecule has 7 heteroatoms. The van der Waals surface area contributed by atoms with E-state index in [1.807, 2.05) is 23.3 Å². The van der Waals surface area contributed by atoms with Gasteiger partial charge in [-0.25, -0.2) is 4.98 Å². The van der Waals surface area contributed by atoms with E-state index >= 15 is 0 Å². The van der Waals surface area contributed by atoms with Crippen molar-refractivity contribution in [1.29, 1.82) is 0 Å². The number of imidazole rings is 1. The number of aromatic amines is 1. The Morgan fingerprint density at radius 3 is 3.04 bits per heavy atom. The first-order chi connectivity index (χ1) is 13.8. The van der Waals surface area contributed by atoms with Crippen molar-refractivity contribution in [3.63, 3.8) is 0 Å². The summed E-state index contributed by atoms with van der Waals surface area (Å²) >= 11 is 0. The molecule has 144 valence electrons. The maximum atomic E-state index is 4.54. The van der Waals surface area contributed by atoms with Crippen LogP contribution in [0.3, 0.4) is 0 Å². The lowest BCUT2D eigenvalue weighted by molar-refractivity contribution is 0.195. The predicted molar refractivity (Wildman–Crippen MR) is 108 cm³/mol. The van der Waals surface area contributed by atoms with Crippen molar-refractivity contribution in [3.8, 4) is 0 Å². The summed E-state index contributed by atoms with van der Waals surface area (Å²) in [5.74, 6) is 2.50. The molecule has 28 heavy (non-hydrogen) atoms. The zero-order chi connectivity index (χ0) is 18.9. The van der Waals surface area contributed by atoms with Crippen LogP contribution in [-0.2, 0) is 20.1 Å².